The fraction of sp³-hybridized carbons (Fsp3) is 0.400. The second kappa shape index (κ2) is 5.55. The molecule has 0 fully saturated rings. The summed E-state index contributed by atoms with van der Waals surface area (Å²) in [5.41, 5.74) is 1.38. The van der Waals surface area contributed by atoms with E-state index < -0.39 is 0 Å². The van der Waals surface area contributed by atoms with Crippen molar-refractivity contribution in [1.29, 1.82) is 0 Å². The van der Waals surface area contributed by atoms with Crippen LogP contribution in [0, 0.1) is 0 Å². The highest BCUT2D eigenvalue weighted by molar-refractivity contribution is 8.09. The zero-order chi connectivity index (χ0) is 8.81. The van der Waals surface area contributed by atoms with Crippen LogP contribution in [0.3, 0.4) is 0 Å². The lowest BCUT2D eigenvalue weighted by molar-refractivity contribution is 1.06. The monoisotopic (exact) mass is 198 g/mol. The zero-order valence-corrected chi connectivity index (χ0v) is 8.94. The van der Waals surface area contributed by atoms with Crippen molar-refractivity contribution < 1.29 is 0 Å². The molecular formula is C10H14S2. The van der Waals surface area contributed by atoms with Gasteiger partial charge in [-0.15, -0.1) is 11.8 Å². The molecule has 0 aromatic heterocycles. The van der Waals surface area contributed by atoms with E-state index in [0.29, 0.717) is 4.58 Å². The minimum atomic E-state index is 0.477. The lowest BCUT2D eigenvalue weighted by atomic mass is 10.2. The number of thioether (sulfide) groups is 1. The molecule has 1 aromatic carbocycles. The van der Waals surface area contributed by atoms with Crippen molar-refractivity contribution in [3.63, 3.8) is 0 Å². The molecule has 0 saturated carbocycles. The van der Waals surface area contributed by atoms with E-state index in [1.54, 1.807) is 0 Å². The molecule has 12 heavy (non-hydrogen) atoms. The van der Waals surface area contributed by atoms with Gasteiger partial charge in [-0.25, -0.2) is 0 Å². The van der Waals surface area contributed by atoms with Gasteiger partial charge in [-0.3, -0.25) is 0 Å². The summed E-state index contributed by atoms with van der Waals surface area (Å²) in [6.45, 7) is 2.16. The number of hydrogen-bond acceptors (Lipinski definition) is 2. The van der Waals surface area contributed by atoms with Gasteiger partial charge in [-0.1, -0.05) is 37.3 Å². The Morgan fingerprint density at radius 1 is 1.33 bits per heavy atom. The van der Waals surface area contributed by atoms with Gasteiger partial charge in [0.1, 0.15) is 0 Å². The Morgan fingerprint density at radius 2 is 2.00 bits per heavy atom. The van der Waals surface area contributed by atoms with Crippen LogP contribution in [0.4, 0.5) is 0 Å². The van der Waals surface area contributed by atoms with Crippen molar-refractivity contribution in [3.05, 3.63) is 35.9 Å². The van der Waals surface area contributed by atoms with Gasteiger partial charge >= 0.3 is 0 Å². The summed E-state index contributed by atoms with van der Waals surface area (Å²) in [6, 6.07) is 10.5. The van der Waals surface area contributed by atoms with Crippen LogP contribution in [-0.2, 0) is 5.75 Å². The number of benzene rings is 1. The smallest absolute Gasteiger partial charge is 0.0473 e. The maximum absolute atomic E-state index is 4.42. The largest absolute Gasteiger partial charge is 0.165 e. The molecule has 0 amide bonds. The molecule has 0 saturated heterocycles. The average molecular weight is 198 g/mol. The van der Waals surface area contributed by atoms with Crippen molar-refractivity contribution in [1.82, 2.24) is 0 Å². The first-order valence-electron chi connectivity index (χ1n) is 4.16. The fourth-order valence-corrected chi connectivity index (χ4v) is 1.92. The van der Waals surface area contributed by atoms with E-state index >= 15 is 0 Å². The Kier molecular flexibility index (Phi) is 4.62. The molecule has 1 rings (SSSR count). The lowest BCUT2D eigenvalue weighted by Crippen LogP contribution is -1.89. The molecule has 2 heteroatoms. The van der Waals surface area contributed by atoms with Crippen LogP contribution < -0.4 is 0 Å². The van der Waals surface area contributed by atoms with Gasteiger partial charge in [0.25, 0.3) is 0 Å². The van der Waals surface area contributed by atoms with E-state index in [4.69, 9.17) is 0 Å². The van der Waals surface area contributed by atoms with E-state index in [1.165, 1.54) is 5.56 Å². The number of hydrogen-bond donors (Lipinski definition) is 1. The number of thiol groups is 1. The molecule has 1 atom stereocenters. The van der Waals surface area contributed by atoms with Gasteiger partial charge in [0, 0.05) is 10.3 Å². The highest BCUT2D eigenvalue weighted by Gasteiger charge is 1.99. The quantitative estimate of drug-likeness (QED) is 0.570. The van der Waals surface area contributed by atoms with Crippen LogP contribution in [0.1, 0.15) is 18.9 Å². The van der Waals surface area contributed by atoms with Crippen molar-refractivity contribution in [2.24, 2.45) is 0 Å². The van der Waals surface area contributed by atoms with Crippen molar-refractivity contribution >= 4 is 24.4 Å². The maximum atomic E-state index is 4.42. The summed E-state index contributed by atoms with van der Waals surface area (Å²) >= 11 is 6.32. The summed E-state index contributed by atoms with van der Waals surface area (Å²) in [4.78, 5) is 0. The van der Waals surface area contributed by atoms with Gasteiger partial charge in [-0.2, -0.15) is 12.6 Å². The molecule has 0 aliphatic rings. The van der Waals surface area contributed by atoms with Crippen LogP contribution in [-0.4, -0.2) is 4.58 Å². The Morgan fingerprint density at radius 3 is 2.58 bits per heavy atom. The minimum absolute atomic E-state index is 0.477. The molecule has 1 aromatic rings. The molecule has 0 radical (unpaired) electrons. The van der Waals surface area contributed by atoms with Crippen molar-refractivity contribution in [2.75, 3.05) is 0 Å². The van der Waals surface area contributed by atoms with Gasteiger partial charge in [0.2, 0.25) is 0 Å². The third-order valence-electron chi connectivity index (χ3n) is 1.63. The molecule has 0 bridgehead atoms. The van der Waals surface area contributed by atoms with E-state index in [-0.39, 0.29) is 0 Å². The second-order valence-electron chi connectivity index (χ2n) is 2.66. The molecule has 0 aliphatic carbocycles. The maximum Gasteiger partial charge on any atom is 0.0473 e. The van der Waals surface area contributed by atoms with Gasteiger partial charge in [0.15, 0.2) is 0 Å². The first-order chi connectivity index (χ1) is 5.83. The molecule has 0 aliphatic heterocycles. The second-order valence-corrected chi connectivity index (χ2v) is 4.82. The summed E-state index contributed by atoms with van der Waals surface area (Å²) in [5.74, 6) is 1.07. The van der Waals surface area contributed by atoms with Gasteiger partial charge in [-0.05, 0) is 12.0 Å². The van der Waals surface area contributed by atoms with E-state index in [1.807, 2.05) is 17.8 Å². The third-order valence-corrected chi connectivity index (χ3v) is 3.66. The average Bonchev–Trinajstić information content (AvgIpc) is 2.16. The summed E-state index contributed by atoms with van der Waals surface area (Å²) in [6.07, 6.45) is 1.13. The fourth-order valence-electron chi connectivity index (χ4n) is 0.885. The van der Waals surface area contributed by atoms with Crippen LogP contribution in [0.5, 0.6) is 0 Å². The normalized spacial score (nSPS) is 12.8. The third kappa shape index (κ3) is 3.55. The number of rotatable bonds is 4. The molecule has 1 unspecified atom stereocenters. The molecule has 0 spiro atoms. The SMILES string of the molecule is CCC(S)SCc1ccccc1. The van der Waals surface area contributed by atoms with Crippen LogP contribution in [0.15, 0.2) is 30.3 Å². The van der Waals surface area contributed by atoms with Gasteiger partial charge in [0.05, 0.1) is 0 Å². The lowest BCUT2D eigenvalue weighted by Gasteiger charge is -2.06. The van der Waals surface area contributed by atoms with Crippen LogP contribution >= 0.6 is 24.4 Å². The predicted octanol–water partition coefficient (Wildman–Crippen LogP) is 3.59. The van der Waals surface area contributed by atoms with Crippen molar-refractivity contribution in [3.8, 4) is 0 Å². The topological polar surface area (TPSA) is 0 Å². The van der Waals surface area contributed by atoms with Crippen LogP contribution in [0.25, 0.3) is 0 Å². The van der Waals surface area contributed by atoms with E-state index in [9.17, 15) is 0 Å². The standard InChI is InChI=1S/C10H14S2/c1-2-10(11)12-8-9-6-4-3-5-7-9/h3-7,10-11H,2,8H2,1H3. The summed E-state index contributed by atoms with van der Waals surface area (Å²) < 4.78 is 0.477. The highest BCUT2D eigenvalue weighted by atomic mass is 32.2. The molecule has 0 heterocycles. The summed E-state index contributed by atoms with van der Waals surface area (Å²) in [5, 5.41) is 0. The van der Waals surface area contributed by atoms with Crippen LogP contribution in [0.2, 0.25) is 0 Å². The summed E-state index contributed by atoms with van der Waals surface area (Å²) in [7, 11) is 0. The minimum Gasteiger partial charge on any atom is -0.165 e. The van der Waals surface area contributed by atoms with E-state index in [0.717, 1.165) is 12.2 Å². The van der Waals surface area contributed by atoms with Gasteiger partial charge < -0.3 is 0 Å². The Hall–Kier alpha value is -0.0800. The van der Waals surface area contributed by atoms with Crippen molar-refractivity contribution in [2.45, 2.75) is 23.7 Å². The molecule has 0 nitrogen and oxygen atoms in total. The Labute approximate surface area is 84.2 Å². The molecule has 0 N–H and O–H groups in total. The first-order valence-corrected chi connectivity index (χ1v) is 5.73. The first kappa shape index (κ1) is 10.0. The highest BCUT2D eigenvalue weighted by Crippen LogP contribution is 2.22. The molecule has 66 valence electrons. The van der Waals surface area contributed by atoms with E-state index in [2.05, 4.69) is 43.8 Å². The molecular weight excluding hydrogens is 184 g/mol. The Balaban J connectivity index is 2.33. The zero-order valence-electron chi connectivity index (χ0n) is 7.23. The predicted molar refractivity (Wildman–Crippen MR) is 60.8 cm³/mol. The Bertz CT molecular complexity index is 208.